The van der Waals surface area contributed by atoms with E-state index < -0.39 is 0 Å². The number of morpholine rings is 1. The minimum Gasteiger partial charge on any atom is -0.483 e. The number of amides is 2. The van der Waals surface area contributed by atoms with E-state index in [9.17, 15) is 9.59 Å². The number of rotatable bonds is 5. The summed E-state index contributed by atoms with van der Waals surface area (Å²) in [5, 5.41) is 6.79. The lowest BCUT2D eigenvalue weighted by molar-refractivity contribution is -0.134. The number of nitrogens with zero attached hydrogens (tertiary/aromatic N) is 2. The molecule has 0 radical (unpaired) electrons. The number of carbonyl (C=O) groups is 2. The van der Waals surface area contributed by atoms with Crippen LogP contribution in [0.2, 0.25) is 5.02 Å². The molecular weight excluding hydrogens is 416 g/mol. The van der Waals surface area contributed by atoms with Gasteiger partial charge in [-0.3, -0.25) is 14.5 Å². The van der Waals surface area contributed by atoms with Gasteiger partial charge in [-0.25, -0.2) is 0 Å². The molecule has 0 aromatic heterocycles. The van der Waals surface area contributed by atoms with Crippen molar-refractivity contribution < 1.29 is 14.3 Å². The highest BCUT2D eigenvalue weighted by atomic mass is 35.5. The van der Waals surface area contributed by atoms with Crippen LogP contribution in [0.4, 0.5) is 0 Å². The highest BCUT2D eigenvalue weighted by molar-refractivity contribution is 6.30. The maximum Gasteiger partial charge on any atom is 0.286 e. The van der Waals surface area contributed by atoms with E-state index in [0.717, 1.165) is 51.1 Å². The van der Waals surface area contributed by atoms with Crippen molar-refractivity contribution in [3.63, 3.8) is 0 Å². The number of benzene rings is 1. The SMILES string of the molecule is CN1CCN(CCNC(=O)C2CCC3O/C(=C\c4ccc(Cl)cc4)C(=O)NC3C2)CC1. The number of likely N-dealkylation sites (N-methyl/N-ethyl adjacent to an activating group) is 1. The minimum absolute atomic E-state index is 0.0839. The van der Waals surface area contributed by atoms with Crippen LogP contribution >= 0.6 is 11.6 Å². The molecule has 2 aliphatic heterocycles. The fourth-order valence-electron chi connectivity index (χ4n) is 4.49. The number of nitrogens with one attached hydrogen (secondary N) is 2. The van der Waals surface area contributed by atoms with Gasteiger partial charge in [0.15, 0.2) is 5.76 Å². The Morgan fingerprint density at radius 3 is 2.71 bits per heavy atom. The van der Waals surface area contributed by atoms with E-state index in [-0.39, 0.29) is 29.9 Å². The van der Waals surface area contributed by atoms with Gasteiger partial charge in [-0.1, -0.05) is 23.7 Å². The average Bonchev–Trinajstić information content (AvgIpc) is 2.77. The standard InChI is InChI=1S/C23H31ClN4O3/c1-27-10-12-28(13-11-27)9-8-25-22(29)17-4-7-20-19(15-17)26-23(30)21(31-20)14-16-2-5-18(24)6-3-16/h2-3,5-6,14,17,19-20H,4,7-13,15H2,1H3,(H,25,29)(H,26,30)/b21-14-. The molecule has 1 saturated carbocycles. The molecule has 1 aromatic rings. The molecule has 7 nitrogen and oxygen atoms in total. The maximum atomic E-state index is 12.7. The van der Waals surface area contributed by atoms with Gasteiger partial charge in [-0.05, 0) is 50.1 Å². The monoisotopic (exact) mass is 446 g/mol. The molecule has 8 heteroatoms. The van der Waals surface area contributed by atoms with Crippen molar-refractivity contribution in [1.29, 1.82) is 0 Å². The van der Waals surface area contributed by atoms with Gasteiger partial charge >= 0.3 is 0 Å². The lowest BCUT2D eigenvalue weighted by Gasteiger charge is -2.39. The summed E-state index contributed by atoms with van der Waals surface area (Å²) >= 11 is 5.92. The van der Waals surface area contributed by atoms with E-state index in [2.05, 4.69) is 27.5 Å². The van der Waals surface area contributed by atoms with Crippen molar-refractivity contribution in [2.75, 3.05) is 46.3 Å². The molecular formula is C23H31ClN4O3. The second kappa shape index (κ2) is 10.0. The van der Waals surface area contributed by atoms with Gasteiger partial charge in [0.05, 0.1) is 6.04 Å². The maximum absolute atomic E-state index is 12.7. The van der Waals surface area contributed by atoms with Crippen LogP contribution in [-0.4, -0.2) is 80.1 Å². The molecule has 2 N–H and O–H groups in total. The average molecular weight is 447 g/mol. The molecule has 3 fully saturated rings. The van der Waals surface area contributed by atoms with Gasteiger partial charge < -0.3 is 20.3 Å². The Balaban J connectivity index is 1.25. The highest BCUT2D eigenvalue weighted by Gasteiger charge is 2.40. The predicted molar refractivity (Wildman–Crippen MR) is 121 cm³/mol. The van der Waals surface area contributed by atoms with E-state index in [1.54, 1.807) is 18.2 Å². The van der Waals surface area contributed by atoms with Gasteiger partial charge in [-0.15, -0.1) is 0 Å². The first-order valence-corrected chi connectivity index (χ1v) is 11.5. The Kier molecular flexibility index (Phi) is 7.15. The summed E-state index contributed by atoms with van der Waals surface area (Å²) in [6.45, 7) is 5.81. The van der Waals surface area contributed by atoms with Crippen molar-refractivity contribution in [3.05, 3.63) is 40.6 Å². The molecule has 3 unspecified atom stereocenters. The largest absolute Gasteiger partial charge is 0.483 e. The summed E-state index contributed by atoms with van der Waals surface area (Å²) in [6.07, 6.45) is 3.78. The molecule has 168 valence electrons. The third-order valence-corrected chi connectivity index (χ3v) is 6.72. The Morgan fingerprint density at radius 1 is 1.23 bits per heavy atom. The molecule has 2 saturated heterocycles. The molecule has 3 atom stereocenters. The third kappa shape index (κ3) is 5.79. The minimum atomic E-state index is -0.229. The molecule has 4 rings (SSSR count). The van der Waals surface area contributed by atoms with Gasteiger partial charge in [0, 0.05) is 50.2 Å². The lowest BCUT2D eigenvalue weighted by Crippen LogP contribution is -2.55. The third-order valence-electron chi connectivity index (χ3n) is 6.47. The van der Waals surface area contributed by atoms with Crippen LogP contribution in [0.5, 0.6) is 0 Å². The van der Waals surface area contributed by atoms with Crippen LogP contribution < -0.4 is 10.6 Å². The first-order chi connectivity index (χ1) is 15.0. The van der Waals surface area contributed by atoms with Gasteiger partial charge in [-0.2, -0.15) is 0 Å². The van der Waals surface area contributed by atoms with Crippen LogP contribution in [0.1, 0.15) is 24.8 Å². The Hall–Kier alpha value is -2.09. The smallest absolute Gasteiger partial charge is 0.286 e. The van der Waals surface area contributed by atoms with E-state index in [4.69, 9.17) is 16.3 Å². The van der Waals surface area contributed by atoms with Crippen LogP contribution in [0.3, 0.4) is 0 Å². The molecule has 1 aliphatic carbocycles. The number of carbonyl (C=O) groups excluding carboxylic acids is 2. The van der Waals surface area contributed by atoms with Crippen LogP contribution in [0.15, 0.2) is 30.0 Å². The number of piperazine rings is 1. The van der Waals surface area contributed by atoms with Gasteiger partial charge in [0.25, 0.3) is 5.91 Å². The second-order valence-corrected chi connectivity index (χ2v) is 9.18. The van der Waals surface area contributed by atoms with E-state index >= 15 is 0 Å². The predicted octanol–water partition coefficient (Wildman–Crippen LogP) is 1.73. The van der Waals surface area contributed by atoms with E-state index in [1.807, 2.05) is 12.1 Å². The molecule has 0 spiro atoms. The van der Waals surface area contributed by atoms with Gasteiger partial charge in [0.2, 0.25) is 5.91 Å². The first kappa shape index (κ1) is 22.1. The molecule has 31 heavy (non-hydrogen) atoms. The normalized spacial score (nSPS) is 28.5. The van der Waals surface area contributed by atoms with Gasteiger partial charge in [0.1, 0.15) is 6.10 Å². The Bertz CT molecular complexity index is 821. The zero-order valence-electron chi connectivity index (χ0n) is 18.0. The van der Waals surface area contributed by atoms with Crippen molar-refractivity contribution in [2.24, 2.45) is 5.92 Å². The summed E-state index contributed by atoms with van der Waals surface area (Å²) in [5.74, 6) is 0.0924. The Labute approximate surface area is 188 Å². The number of fused-ring (bicyclic) bond motifs is 1. The summed E-state index contributed by atoms with van der Waals surface area (Å²) in [5.41, 5.74) is 0.862. The zero-order valence-corrected chi connectivity index (χ0v) is 18.7. The highest BCUT2D eigenvalue weighted by Crippen LogP contribution is 2.31. The number of hydrogen-bond donors (Lipinski definition) is 2. The van der Waals surface area contributed by atoms with Crippen molar-refractivity contribution in [1.82, 2.24) is 20.4 Å². The summed E-state index contributed by atoms with van der Waals surface area (Å²) in [4.78, 5) is 29.9. The van der Waals surface area contributed by atoms with E-state index in [1.165, 1.54) is 0 Å². The summed E-state index contributed by atoms with van der Waals surface area (Å²) in [7, 11) is 2.14. The van der Waals surface area contributed by atoms with Crippen LogP contribution in [0, 0.1) is 5.92 Å². The zero-order chi connectivity index (χ0) is 21.8. The molecule has 2 amide bonds. The topological polar surface area (TPSA) is 73.9 Å². The molecule has 1 aromatic carbocycles. The summed E-state index contributed by atoms with van der Waals surface area (Å²) in [6, 6.07) is 7.14. The van der Waals surface area contributed by atoms with E-state index in [0.29, 0.717) is 23.7 Å². The number of halogens is 1. The fraction of sp³-hybridized carbons (Fsp3) is 0.565. The molecule has 3 aliphatic rings. The van der Waals surface area contributed by atoms with Crippen LogP contribution in [-0.2, 0) is 14.3 Å². The first-order valence-electron chi connectivity index (χ1n) is 11.1. The van der Waals surface area contributed by atoms with Crippen molar-refractivity contribution >= 4 is 29.5 Å². The number of hydrogen-bond acceptors (Lipinski definition) is 5. The fourth-order valence-corrected chi connectivity index (χ4v) is 4.62. The lowest BCUT2D eigenvalue weighted by atomic mass is 9.82. The number of ether oxygens (including phenoxy) is 1. The van der Waals surface area contributed by atoms with Crippen molar-refractivity contribution in [2.45, 2.75) is 31.4 Å². The Morgan fingerprint density at radius 2 is 1.97 bits per heavy atom. The second-order valence-electron chi connectivity index (χ2n) is 8.74. The van der Waals surface area contributed by atoms with Crippen molar-refractivity contribution in [3.8, 4) is 0 Å². The van der Waals surface area contributed by atoms with Crippen LogP contribution in [0.25, 0.3) is 6.08 Å². The quantitative estimate of drug-likeness (QED) is 0.674. The molecule has 2 heterocycles. The summed E-state index contributed by atoms with van der Waals surface area (Å²) < 4.78 is 6.01. The molecule has 0 bridgehead atoms.